The molecule has 1 heterocycles. The largest absolute Gasteiger partial charge is 0.491 e. The van der Waals surface area contributed by atoms with Gasteiger partial charge in [0.15, 0.2) is 0 Å². The van der Waals surface area contributed by atoms with Crippen LogP contribution in [-0.2, 0) is 11.4 Å². The quantitative estimate of drug-likeness (QED) is 0.220. The summed E-state index contributed by atoms with van der Waals surface area (Å²) in [6.07, 6.45) is 1.67. The van der Waals surface area contributed by atoms with E-state index in [2.05, 4.69) is 35.8 Å². The number of carbonyl (C=O) groups is 2. The second-order valence-electron chi connectivity index (χ2n) is 9.08. The molecule has 38 heavy (non-hydrogen) atoms. The maximum atomic E-state index is 13.1. The molecule has 0 radical (unpaired) electrons. The summed E-state index contributed by atoms with van der Waals surface area (Å²) in [4.78, 5) is 27.3. The van der Waals surface area contributed by atoms with Crippen LogP contribution in [0.4, 0.5) is 4.79 Å². The van der Waals surface area contributed by atoms with Crippen LogP contribution < -0.4 is 9.47 Å². The van der Waals surface area contributed by atoms with Gasteiger partial charge in [0.05, 0.1) is 11.4 Å². The third-order valence-corrected chi connectivity index (χ3v) is 7.88. The molecule has 4 rings (SSSR count). The lowest BCUT2D eigenvalue weighted by molar-refractivity contribution is -0.123. The van der Waals surface area contributed by atoms with Gasteiger partial charge in [0.25, 0.3) is 11.1 Å². The number of hydrogen-bond donors (Lipinski definition) is 0. The minimum atomic E-state index is -0.358. The van der Waals surface area contributed by atoms with Crippen LogP contribution in [0.25, 0.3) is 6.08 Å². The monoisotopic (exact) mass is 633 g/mol. The zero-order valence-electron chi connectivity index (χ0n) is 21.1. The molecule has 0 saturated carbocycles. The van der Waals surface area contributed by atoms with E-state index in [-0.39, 0.29) is 30.9 Å². The molecule has 0 bridgehead atoms. The topological polar surface area (TPSA) is 55.8 Å². The number of nitrogens with zero attached hydrogens (tertiary/aromatic N) is 1. The van der Waals surface area contributed by atoms with Gasteiger partial charge >= 0.3 is 0 Å². The lowest BCUT2D eigenvalue weighted by Gasteiger charge is -2.17. The summed E-state index contributed by atoms with van der Waals surface area (Å²) in [6, 6.07) is 16.8. The SMILES string of the molecule is Cc1ccc(C(C)C)c(OCCN2C(=O)S/C(=C\c3cc(Br)ccc3OCc3ccc(Cl)cc3Cl)C2=O)c1. The Bertz CT molecular complexity index is 1410. The Morgan fingerprint density at radius 2 is 1.79 bits per heavy atom. The van der Waals surface area contributed by atoms with Gasteiger partial charge in [-0.1, -0.05) is 71.2 Å². The van der Waals surface area contributed by atoms with Crippen LogP contribution in [-0.4, -0.2) is 29.2 Å². The minimum Gasteiger partial charge on any atom is -0.491 e. The molecule has 2 amide bonds. The highest BCUT2D eigenvalue weighted by Crippen LogP contribution is 2.35. The van der Waals surface area contributed by atoms with Crippen molar-refractivity contribution in [3.05, 3.63) is 96.3 Å². The normalized spacial score (nSPS) is 14.6. The molecule has 1 saturated heterocycles. The first kappa shape index (κ1) is 28.6. The number of aryl methyl sites for hydroxylation is 1. The van der Waals surface area contributed by atoms with Crippen LogP contribution >= 0.6 is 50.9 Å². The second-order valence-corrected chi connectivity index (χ2v) is 11.8. The highest BCUT2D eigenvalue weighted by atomic mass is 79.9. The average molecular weight is 635 g/mol. The number of rotatable bonds is 9. The molecule has 0 aromatic heterocycles. The van der Waals surface area contributed by atoms with Gasteiger partial charge in [-0.3, -0.25) is 14.5 Å². The van der Waals surface area contributed by atoms with Crippen molar-refractivity contribution in [3.63, 3.8) is 0 Å². The maximum Gasteiger partial charge on any atom is 0.293 e. The zero-order chi connectivity index (χ0) is 27.4. The first-order chi connectivity index (χ1) is 18.1. The predicted molar refractivity (Wildman–Crippen MR) is 158 cm³/mol. The molecule has 3 aromatic rings. The molecule has 3 aromatic carbocycles. The first-order valence-corrected chi connectivity index (χ1v) is 14.3. The summed E-state index contributed by atoms with van der Waals surface area (Å²) >= 11 is 16.6. The lowest BCUT2D eigenvalue weighted by atomic mass is 10.0. The van der Waals surface area contributed by atoms with Crippen LogP contribution in [0.15, 0.2) is 64.0 Å². The van der Waals surface area contributed by atoms with Gasteiger partial charge in [0.2, 0.25) is 0 Å². The third kappa shape index (κ3) is 6.94. The molecule has 0 atom stereocenters. The molecule has 0 spiro atoms. The standard InChI is InChI=1S/C29H26BrCl2NO4S/c1-17(2)23-8-4-18(3)12-26(23)36-11-10-33-28(34)27(38-29(33)35)14-20-13-21(30)6-9-25(20)37-16-19-5-7-22(31)15-24(19)32/h4-9,12-15,17H,10-11,16H2,1-3H3/b27-14-. The molecule has 1 aliphatic heterocycles. The number of imide groups is 1. The number of benzene rings is 3. The molecule has 198 valence electrons. The van der Waals surface area contributed by atoms with Crippen LogP contribution in [0.5, 0.6) is 11.5 Å². The first-order valence-electron chi connectivity index (χ1n) is 12.0. The molecule has 5 nitrogen and oxygen atoms in total. The van der Waals surface area contributed by atoms with E-state index in [1.807, 2.05) is 31.2 Å². The van der Waals surface area contributed by atoms with Crippen molar-refractivity contribution in [2.75, 3.05) is 13.2 Å². The second kappa shape index (κ2) is 12.6. The van der Waals surface area contributed by atoms with Gasteiger partial charge in [0, 0.05) is 25.6 Å². The fraction of sp³-hybridized carbons (Fsp3) is 0.241. The smallest absolute Gasteiger partial charge is 0.293 e. The summed E-state index contributed by atoms with van der Waals surface area (Å²) in [5.74, 6) is 1.26. The van der Waals surface area contributed by atoms with E-state index in [9.17, 15) is 9.59 Å². The summed E-state index contributed by atoms with van der Waals surface area (Å²) in [7, 11) is 0. The number of carbonyl (C=O) groups excluding carboxylic acids is 2. The van der Waals surface area contributed by atoms with E-state index in [0.717, 1.165) is 38.7 Å². The van der Waals surface area contributed by atoms with Crippen molar-refractivity contribution in [1.82, 2.24) is 4.90 Å². The minimum absolute atomic E-state index is 0.157. The van der Waals surface area contributed by atoms with E-state index in [1.54, 1.807) is 30.3 Å². The maximum absolute atomic E-state index is 13.1. The Morgan fingerprint density at radius 1 is 1.00 bits per heavy atom. The average Bonchev–Trinajstić information content (AvgIpc) is 3.11. The van der Waals surface area contributed by atoms with Gasteiger partial charge in [-0.2, -0.15) is 0 Å². The lowest BCUT2D eigenvalue weighted by Crippen LogP contribution is -2.32. The Morgan fingerprint density at radius 3 is 2.53 bits per heavy atom. The number of thioether (sulfide) groups is 1. The Hall–Kier alpha value is -2.45. The third-order valence-electron chi connectivity index (χ3n) is 5.89. The van der Waals surface area contributed by atoms with Crippen molar-refractivity contribution < 1.29 is 19.1 Å². The van der Waals surface area contributed by atoms with Crippen molar-refractivity contribution in [1.29, 1.82) is 0 Å². The zero-order valence-corrected chi connectivity index (χ0v) is 25.0. The van der Waals surface area contributed by atoms with Crippen molar-refractivity contribution in [3.8, 4) is 11.5 Å². The fourth-order valence-electron chi connectivity index (χ4n) is 3.88. The van der Waals surface area contributed by atoms with E-state index >= 15 is 0 Å². The molecule has 0 unspecified atom stereocenters. The van der Waals surface area contributed by atoms with Crippen molar-refractivity contribution in [2.24, 2.45) is 0 Å². The molecule has 1 aliphatic rings. The van der Waals surface area contributed by atoms with Crippen molar-refractivity contribution in [2.45, 2.75) is 33.3 Å². The van der Waals surface area contributed by atoms with Crippen LogP contribution in [0.1, 0.15) is 42.0 Å². The predicted octanol–water partition coefficient (Wildman–Crippen LogP) is 8.88. The fourth-order valence-corrected chi connectivity index (χ4v) is 5.58. The Labute approximate surface area is 245 Å². The van der Waals surface area contributed by atoms with Crippen molar-refractivity contribution >= 4 is 68.1 Å². The Balaban J connectivity index is 1.46. The number of ether oxygens (including phenoxy) is 2. The summed E-state index contributed by atoms with van der Waals surface area (Å²) in [5.41, 5.74) is 3.61. The highest BCUT2D eigenvalue weighted by molar-refractivity contribution is 9.10. The Kier molecular flexibility index (Phi) is 9.47. The summed E-state index contributed by atoms with van der Waals surface area (Å²) < 4.78 is 12.8. The summed E-state index contributed by atoms with van der Waals surface area (Å²) in [5, 5.41) is 0.720. The van der Waals surface area contributed by atoms with E-state index in [1.165, 1.54) is 4.90 Å². The highest BCUT2D eigenvalue weighted by Gasteiger charge is 2.35. The van der Waals surface area contributed by atoms with Gasteiger partial charge in [-0.05, 0) is 78.2 Å². The molecule has 0 N–H and O–H groups in total. The van der Waals surface area contributed by atoms with E-state index in [4.69, 9.17) is 32.7 Å². The number of hydrogen-bond acceptors (Lipinski definition) is 5. The summed E-state index contributed by atoms with van der Waals surface area (Å²) in [6.45, 7) is 6.79. The molecule has 1 fully saturated rings. The molecular weight excluding hydrogens is 609 g/mol. The number of halogens is 3. The van der Waals surface area contributed by atoms with Gasteiger partial charge in [0.1, 0.15) is 24.7 Å². The van der Waals surface area contributed by atoms with Crippen LogP contribution in [0, 0.1) is 6.92 Å². The van der Waals surface area contributed by atoms with Gasteiger partial charge in [-0.15, -0.1) is 0 Å². The van der Waals surface area contributed by atoms with E-state index in [0.29, 0.717) is 32.2 Å². The van der Waals surface area contributed by atoms with Crippen LogP contribution in [0.2, 0.25) is 10.0 Å². The van der Waals surface area contributed by atoms with Gasteiger partial charge in [-0.25, -0.2) is 0 Å². The molecule has 9 heteroatoms. The number of amides is 2. The van der Waals surface area contributed by atoms with Crippen LogP contribution in [0.3, 0.4) is 0 Å². The molecule has 0 aliphatic carbocycles. The van der Waals surface area contributed by atoms with Gasteiger partial charge < -0.3 is 9.47 Å². The van der Waals surface area contributed by atoms with E-state index < -0.39 is 0 Å². The molecular formula is C29H26BrCl2NO4S.